The molecule has 0 atom stereocenters. The van der Waals surface area contributed by atoms with E-state index in [1.807, 2.05) is 13.0 Å². The molecule has 0 saturated heterocycles. The quantitative estimate of drug-likeness (QED) is 0.546. The van der Waals surface area contributed by atoms with E-state index in [2.05, 4.69) is 10.3 Å². The van der Waals surface area contributed by atoms with Gasteiger partial charge in [0.15, 0.2) is 16.6 Å². The summed E-state index contributed by atoms with van der Waals surface area (Å²) in [5.74, 6) is 0.442. The van der Waals surface area contributed by atoms with Gasteiger partial charge in [-0.25, -0.2) is 9.78 Å². The number of ether oxygens (including phenoxy) is 3. The first-order valence-corrected chi connectivity index (χ1v) is 9.24. The van der Waals surface area contributed by atoms with Crippen molar-refractivity contribution in [1.82, 2.24) is 4.98 Å². The van der Waals surface area contributed by atoms with Gasteiger partial charge < -0.3 is 14.2 Å². The molecule has 1 heterocycles. The van der Waals surface area contributed by atoms with E-state index in [1.165, 1.54) is 6.08 Å². The molecule has 1 amide bonds. The third kappa shape index (κ3) is 5.55. The summed E-state index contributed by atoms with van der Waals surface area (Å²) < 4.78 is 15.7. The summed E-state index contributed by atoms with van der Waals surface area (Å²) in [5.41, 5.74) is 1.31. The molecule has 0 fully saturated rings. The minimum absolute atomic E-state index is 0.284. The molecule has 1 aromatic carbocycles. The molecule has 0 spiro atoms. The second kappa shape index (κ2) is 9.72. The highest BCUT2D eigenvalue weighted by Crippen LogP contribution is 2.28. The summed E-state index contributed by atoms with van der Waals surface area (Å²) in [6.07, 6.45) is 3.04. The Balaban J connectivity index is 2.05. The van der Waals surface area contributed by atoms with Crippen molar-refractivity contribution in [2.24, 2.45) is 0 Å². The minimum Gasteiger partial charge on any atom is -0.493 e. The first-order chi connectivity index (χ1) is 13.0. The predicted octanol–water partition coefficient (Wildman–Crippen LogP) is 3.69. The second-order valence-corrected chi connectivity index (χ2v) is 6.32. The van der Waals surface area contributed by atoms with Gasteiger partial charge >= 0.3 is 5.97 Å². The van der Waals surface area contributed by atoms with Crippen LogP contribution in [0.4, 0.5) is 5.13 Å². The van der Waals surface area contributed by atoms with E-state index in [4.69, 9.17) is 14.2 Å². The molecule has 0 aliphatic carbocycles. The maximum atomic E-state index is 12.1. The van der Waals surface area contributed by atoms with Gasteiger partial charge in [-0.3, -0.25) is 10.1 Å². The fourth-order valence-electron chi connectivity index (χ4n) is 2.22. The first kappa shape index (κ1) is 20.4. The van der Waals surface area contributed by atoms with Crippen molar-refractivity contribution in [3.8, 4) is 11.5 Å². The number of nitrogens with zero attached hydrogens (tertiary/aromatic N) is 1. The van der Waals surface area contributed by atoms with Crippen LogP contribution in [-0.2, 0) is 9.53 Å². The zero-order valence-corrected chi connectivity index (χ0v) is 16.5. The predicted molar refractivity (Wildman–Crippen MR) is 105 cm³/mol. The smallest absolute Gasteiger partial charge is 0.350 e. The number of aromatic nitrogens is 1. The normalized spacial score (nSPS) is 10.7. The van der Waals surface area contributed by atoms with Crippen molar-refractivity contribution in [1.29, 1.82) is 0 Å². The maximum Gasteiger partial charge on any atom is 0.350 e. The van der Waals surface area contributed by atoms with Crippen LogP contribution >= 0.6 is 11.3 Å². The summed E-state index contributed by atoms with van der Waals surface area (Å²) >= 11 is 1.08. The monoisotopic (exact) mass is 390 g/mol. The zero-order valence-electron chi connectivity index (χ0n) is 15.7. The van der Waals surface area contributed by atoms with Gasteiger partial charge in [-0.2, -0.15) is 0 Å². The Bertz CT molecular complexity index is 845. The third-order valence-corrected chi connectivity index (χ3v) is 4.46. The van der Waals surface area contributed by atoms with Crippen LogP contribution in [-0.4, -0.2) is 37.2 Å². The molecule has 1 N–H and O–H groups in total. The molecular formula is C19H22N2O5S. The molecule has 0 unspecified atom stereocenters. The lowest BCUT2D eigenvalue weighted by Gasteiger charge is -2.09. The molecule has 8 heteroatoms. The highest BCUT2D eigenvalue weighted by molar-refractivity contribution is 7.17. The van der Waals surface area contributed by atoms with Gasteiger partial charge in [-0.05, 0) is 44.5 Å². The average molecular weight is 390 g/mol. The van der Waals surface area contributed by atoms with Gasteiger partial charge in [0.05, 0.1) is 26.0 Å². The van der Waals surface area contributed by atoms with Crippen LogP contribution in [0.15, 0.2) is 24.3 Å². The van der Waals surface area contributed by atoms with Gasteiger partial charge in [0, 0.05) is 6.08 Å². The zero-order chi connectivity index (χ0) is 19.8. The van der Waals surface area contributed by atoms with Crippen LogP contribution in [0.2, 0.25) is 0 Å². The van der Waals surface area contributed by atoms with Crippen molar-refractivity contribution < 1.29 is 23.8 Å². The number of aryl methyl sites for hydroxylation is 1. The van der Waals surface area contributed by atoms with Crippen LogP contribution in [0.1, 0.15) is 34.8 Å². The Labute approximate surface area is 162 Å². The number of nitrogens with one attached hydrogen (secondary N) is 1. The Morgan fingerprint density at radius 3 is 2.67 bits per heavy atom. The van der Waals surface area contributed by atoms with E-state index in [0.717, 1.165) is 16.9 Å². The summed E-state index contributed by atoms with van der Waals surface area (Å²) in [7, 11) is 1.56. The molecular weight excluding hydrogens is 368 g/mol. The fourth-order valence-corrected chi connectivity index (χ4v) is 3.08. The standard InChI is InChI=1S/C19H22N2O5S/c1-5-25-14-9-7-13(11-15(14)24-4)8-10-16(22)21-19-20-12(3)17(27-19)18(23)26-6-2/h7-11H,5-6H2,1-4H3,(H,20,21,22). The number of hydrogen-bond donors (Lipinski definition) is 1. The maximum absolute atomic E-state index is 12.1. The first-order valence-electron chi connectivity index (χ1n) is 8.42. The number of thiazole rings is 1. The molecule has 0 bridgehead atoms. The van der Waals surface area contributed by atoms with E-state index in [0.29, 0.717) is 33.8 Å². The summed E-state index contributed by atoms with van der Waals surface area (Å²) in [4.78, 5) is 28.5. The number of amides is 1. The summed E-state index contributed by atoms with van der Waals surface area (Å²) in [6, 6.07) is 5.39. The number of carbonyl (C=O) groups excluding carboxylic acids is 2. The van der Waals surface area contributed by atoms with Crippen LogP contribution in [0.3, 0.4) is 0 Å². The Hall–Kier alpha value is -2.87. The second-order valence-electron chi connectivity index (χ2n) is 5.32. The Morgan fingerprint density at radius 1 is 1.22 bits per heavy atom. The highest BCUT2D eigenvalue weighted by Gasteiger charge is 2.17. The van der Waals surface area contributed by atoms with Crippen molar-refractivity contribution in [2.45, 2.75) is 20.8 Å². The van der Waals surface area contributed by atoms with Crippen molar-refractivity contribution in [2.75, 3.05) is 25.6 Å². The highest BCUT2D eigenvalue weighted by atomic mass is 32.1. The number of carbonyl (C=O) groups is 2. The summed E-state index contributed by atoms with van der Waals surface area (Å²) in [5, 5.41) is 2.99. The average Bonchev–Trinajstić information content (AvgIpc) is 3.01. The van der Waals surface area contributed by atoms with E-state index in [9.17, 15) is 9.59 Å². The summed E-state index contributed by atoms with van der Waals surface area (Å²) in [6.45, 7) is 6.14. The van der Waals surface area contributed by atoms with Gasteiger partial charge in [-0.15, -0.1) is 0 Å². The molecule has 2 aromatic rings. The van der Waals surface area contributed by atoms with Gasteiger partial charge in [0.1, 0.15) is 4.88 Å². The molecule has 0 saturated carbocycles. The van der Waals surface area contributed by atoms with Crippen LogP contribution in [0.5, 0.6) is 11.5 Å². The fraction of sp³-hybridized carbons (Fsp3) is 0.316. The number of anilines is 1. The molecule has 2 rings (SSSR count). The van der Waals surface area contributed by atoms with Gasteiger partial charge in [0.2, 0.25) is 5.91 Å². The molecule has 0 aliphatic heterocycles. The molecule has 0 radical (unpaired) electrons. The topological polar surface area (TPSA) is 86.8 Å². The van der Waals surface area contributed by atoms with E-state index >= 15 is 0 Å². The number of methoxy groups -OCH3 is 1. The lowest BCUT2D eigenvalue weighted by atomic mass is 10.2. The van der Waals surface area contributed by atoms with Crippen LogP contribution < -0.4 is 14.8 Å². The van der Waals surface area contributed by atoms with E-state index in [1.54, 1.807) is 39.2 Å². The SMILES string of the molecule is CCOC(=O)c1sc(NC(=O)C=Cc2ccc(OCC)c(OC)c2)nc1C. The van der Waals surface area contributed by atoms with Gasteiger partial charge in [-0.1, -0.05) is 17.4 Å². The molecule has 27 heavy (non-hydrogen) atoms. The number of rotatable bonds is 8. The number of benzene rings is 1. The van der Waals surface area contributed by atoms with Crippen molar-refractivity contribution >= 4 is 34.4 Å². The van der Waals surface area contributed by atoms with Crippen LogP contribution in [0, 0.1) is 6.92 Å². The lowest BCUT2D eigenvalue weighted by molar-refractivity contribution is -0.111. The molecule has 0 aliphatic rings. The van der Waals surface area contributed by atoms with Crippen molar-refractivity contribution in [3.63, 3.8) is 0 Å². The van der Waals surface area contributed by atoms with Crippen LogP contribution in [0.25, 0.3) is 6.08 Å². The molecule has 1 aromatic heterocycles. The molecule has 144 valence electrons. The van der Waals surface area contributed by atoms with E-state index < -0.39 is 5.97 Å². The third-order valence-electron chi connectivity index (χ3n) is 3.40. The Morgan fingerprint density at radius 2 is 2.00 bits per heavy atom. The molecule has 7 nitrogen and oxygen atoms in total. The van der Waals surface area contributed by atoms with E-state index in [-0.39, 0.29) is 12.5 Å². The number of esters is 1. The Kier molecular flexibility index (Phi) is 7.36. The van der Waals surface area contributed by atoms with Crippen molar-refractivity contribution in [3.05, 3.63) is 40.4 Å². The minimum atomic E-state index is -0.440. The van der Waals surface area contributed by atoms with Gasteiger partial charge in [0.25, 0.3) is 0 Å². The number of hydrogen-bond acceptors (Lipinski definition) is 7. The largest absolute Gasteiger partial charge is 0.493 e. The lowest BCUT2D eigenvalue weighted by Crippen LogP contribution is -2.07.